The van der Waals surface area contributed by atoms with E-state index in [2.05, 4.69) is 38.5 Å². The maximum absolute atomic E-state index is 5.73. The molecule has 0 bridgehead atoms. The number of hydrogen-bond donors (Lipinski definition) is 0. The minimum atomic E-state index is 0.846. The highest BCUT2D eigenvalue weighted by atomic mass is 127. The van der Waals surface area contributed by atoms with Crippen molar-refractivity contribution in [1.82, 2.24) is 9.88 Å². The number of halogens is 1. The molecule has 1 aromatic carbocycles. The predicted molar refractivity (Wildman–Crippen MR) is 71.2 cm³/mol. The van der Waals surface area contributed by atoms with E-state index in [1.54, 1.807) is 0 Å². The molecule has 0 saturated carbocycles. The smallest absolute Gasteiger partial charge is 0.209 e. The molecule has 16 heavy (non-hydrogen) atoms. The Hall–Kier alpha value is -0.620. The van der Waals surface area contributed by atoms with Gasteiger partial charge in [0.2, 0.25) is 5.89 Å². The monoisotopic (exact) mass is 328 g/mol. The molecule has 1 aromatic heterocycles. The van der Waals surface area contributed by atoms with Crippen molar-refractivity contribution in [2.24, 2.45) is 0 Å². The number of benzene rings is 1. The van der Waals surface area contributed by atoms with E-state index in [0.29, 0.717) is 0 Å². The first-order valence-electron chi connectivity index (χ1n) is 5.58. The molecule has 1 saturated heterocycles. The maximum Gasteiger partial charge on any atom is 0.209 e. The van der Waals surface area contributed by atoms with Crippen molar-refractivity contribution in [3.05, 3.63) is 27.7 Å². The van der Waals surface area contributed by atoms with Gasteiger partial charge in [-0.3, -0.25) is 4.90 Å². The molecule has 84 valence electrons. The van der Waals surface area contributed by atoms with Gasteiger partial charge in [-0.05, 0) is 66.7 Å². The summed E-state index contributed by atoms with van der Waals surface area (Å²) in [4.78, 5) is 6.92. The second-order valence-corrected chi connectivity index (χ2v) is 5.45. The van der Waals surface area contributed by atoms with Crippen LogP contribution >= 0.6 is 22.6 Å². The zero-order chi connectivity index (χ0) is 11.0. The SMILES string of the molecule is Ic1ccc2oc(CN3CCCC3)nc2c1. The number of nitrogens with zero attached hydrogens (tertiary/aromatic N) is 2. The molecule has 1 aliphatic heterocycles. The van der Waals surface area contributed by atoms with Crippen LogP contribution < -0.4 is 0 Å². The van der Waals surface area contributed by atoms with E-state index in [0.717, 1.165) is 23.5 Å². The first-order valence-corrected chi connectivity index (χ1v) is 6.66. The zero-order valence-electron chi connectivity index (χ0n) is 8.95. The average molecular weight is 328 g/mol. The molecule has 0 unspecified atom stereocenters. The fraction of sp³-hybridized carbons (Fsp3) is 0.417. The van der Waals surface area contributed by atoms with Crippen LogP contribution in [-0.2, 0) is 6.54 Å². The Morgan fingerprint density at radius 1 is 1.31 bits per heavy atom. The van der Waals surface area contributed by atoms with Crippen LogP contribution in [0.5, 0.6) is 0 Å². The maximum atomic E-state index is 5.73. The summed E-state index contributed by atoms with van der Waals surface area (Å²) in [6.07, 6.45) is 2.61. The van der Waals surface area contributed by atoms with E-state index in [9.17, 15) is 0 Å². The Kier molecular flexibility index (Phi) is 2.85. The van der Waals surface area contributed by atoms with Crippen molar-refractivity contribution in [1.29, 1.82) is 0 Å². The van der Waals surface area contributed by atoms with E-state index in [4.69, 9.17) is 4.42 Å². The molecule has 1 fully saturated rings. The molecule has 0 amide bonds. The van der Waals surface area contributed by atoms with Gasteiger partial charge < -0.3 is 4.42 Å². The summed E-state index contributed by atoms with van der Waals surface area (Å²) in [5.74, 6) is 0.846. The van der Waals surface area contributed by atoms with Crippen LogP contribution in [0.3, 0.4) is 0 Å². The summed E-state index contributed by atoms with van der Waals surface area (Å²) in [7, 11) is 0. The molecular formula is C12H13IN2O. The summed E-state index contributed by atoms with van der Waals surface area (Å²) < 4.78 is 6.93. The molecule has 2 aromatic rings. The third-order valence-corrected chi connectivity index (χ3v) is 3.62. The molecule has 0 spiro atoms. The van der Waals surface area contributed by atoms with Gasteiger partial charge in [0.1, 0.15) is 5.52 Å². The van der Waals surface area contributed by atoms with Crippen LogP contribution in [-0.4, -0.2) is 23.0 Å². The quantitative estimate of drug-likeness (QED) is 0.794. The molecule has 3 rings (SSSR count). The Morgan fingerprint density at radius 3 is 2.94 bits per heavy atom. The van der Waals surface area contributed by atoms with Crippen molar-refractivity contribution < 1.29 is 4.42 Å². The van der Waals surface area contributed by atoms with Gasteiger partial charge in [-0.1, -0.05) is 0 Å². The van der Waals surface area contributed by atoms with Gasteiger partial charge in [-0.25, -0.2) is 4.98 Å². The number of fused-ring (bicyclic) bond motifs is 1. The number of aromatic nitrogens is 1. The second kappa shape index (κ2) is 4.33. The molecule has 2 heterocycles. The standard InChI is InChI=1S/C12H13IN2O/c13-9-3-4-11-10(7-9)14-12(16-11)8-15-5-1-2-6-15/h3-4,7H,1-2,5-6,8H2. The highest BCUT2D eigenvalue weighted by Gasteiger charge is 2.15. The van der Waals surface area contributed by atoms with Gasteiger partial charge in [-0.2, -0.15) is 0 Å². The van der Waals surface area contributed by atoms with Gasteiger partial charge in [0, 0.05) is 3.57 Å². The Balaban J connectivity index is 1.86. The molecule has 4 heteroatoms. The van der Waals surface area contributed by atoms with Gasteiger partial charge in [0.05, 0.1) is 6.54 Å². The summed E-state index contributed by atoms with van der Waals surface area (Å²) >= 11 is 2.30. The van der Waals surface area contributed by atoms with Crippen LogP contribution in [0.4, 0.5) is 0 Å². The van der Waals surface area contributed by atoms with Crippen LogP contribution in [0.25, 0.3) is 11.1 Å². The number of hydrogen-bond acceptors (Lipinski definition) is 3. The Bertz CT molecular complexity index is 503. The van der Waals surface area contributed by atoms with E-state index >= 15 is 0 Å². The van der Waals surface area contributed by atoms with E-state index in [-0.39, 0.29) is 0 Å². The lowest BCUT2D eigenvalue weighted by molar-refractivity contribution is 0.295. The molecule has 0 radical (unpaired) electrons. The molecule has 0 aliphatic carbocycles. The fourth-order valence-electron chi connectivity index (χ4n) is 2.15. The zero-order valence-corrected chi connectivity index (χ0v) is 11.1. The first-order chi connectivity index (χ1) is 7.81. The van der Waals surface area contributed by atoms with E-state index in [1.165, 1.54) is 29.5 Å². The second-order valence-electron chi connectivity index (χ2n) is 4.20. The molecule has 1 aliphatic rings. The third-order valence-electron chi connectivity index (χ3n) is 2.95. The fourth-order valence-corrected chi connectivity index (χ4v) is 2.62. The van der Waals surface area contributed by atoms with Crippen molar-refractivity contribution >= 4 is 33.7 Å². The Labute approximate surface area is 108 Å². The summed E-state index contributed by atoms with van der Waals surface area (Å²) in [6, 6.07) is 6.11. The number of oxazole rings is 1. The van der Waals surface area contributed by atoms with E-state index in [1.807, 2.05) is 12.1 Å². The highest BCUT2D eigenvalue weighted by molar-refractivity contribution is 14.1. The van der Waals surface area contributed by atoms with E-state index < -0.39 is 0 Å². The van der Waals surface area contributed by atoms with Gasteiger partial charge >= 0.3 is 0 Å². The lowest BCUT2D eigenvalue weighted by Crippen LogP contribution is -2.18. The molecular weight excluding hydrogens is 315 g/mol. The topological polar surface area (TPSA) is 29.3 Å². The average Bonchev–Trinajstić information content (AvgIpc) is 2.86. The van der Waals surface area contributed by atoms with Crippen LogP contribution in [0.2, 0.25) is 0 Å². The molecule has 0 N–H and O–H groups in total. The van der Waals surface area contributed by atoms with Crippen molar-refractivity contribution in [3.8, 4) is 0 Å². The number of likely N-dealkylation sites (tertiary alicyclic amines) is 1. The molecule has 3 nitrogen and oxygen atoms in total. The van der Waals surface area contributed by atoms with Crippen LogP contribution in [0.1, 0.15) is 18.7 Å². The lowest BCUT2D eigenvalue weighted by Gasteiger charge is -2.10. The van der Waals surface area contributed by atoms with Crippen molar-refractivity contribution in [2.45, 2.75) is 19.4 Å². The minimum absolute atomic E-state index is 0.846. The Morgan fingerprint density at radius 2 is 2.12 bits per heavy atom. The van der Waals surface area contributed by atoms with Crippen LogP contribution in [0.15, 0.2) is 22.6 Å². The van der Waals surface area contributed by atoms with Crippen molar-refractivity contribution in [2.75, 3.05) is 13.1 Å². The highest BCUT2D eigenvalue weighted by Crippen LogP contribution is 2.20. The summed E-state index contributed by atoms with van der Waals surface area (Å²) in [5.41, 5.74) is 1.87. The largest absolute Gasteiger partial charge is 0.439 e. The van der Waals surface area contributed by atoms with Gasteiger partial charge in [0.15, 0.2) is 5.58 Å². The minimum Gasteiger partial charge on any atom is -0.439 e. The van der Waals surface area contributed by atoms with Crippen LogP contribution in [0, 0.1) is 3.57 Å². The predicted octanol–water partition coefficient (Wildman–Crippen LogP) is 3.03. The molecule has 0 atom stereocenters. The van der Waals surface area contributed by atoms with Gasteiger partial charge in [0.25, 0.3) is 0 Å². The summed E-state index contributed by atoms with van der Waals surface area (Å²) in [5, 5.41) is 0. The lowest BCUT2D eigenvalue weighted by atomic mass is 10.3. The first kappa shape index (κ1) is 10.5. The van der Waals surface area contributed by atoms with Gasteiger partial charge in [-0.15, -0.1) is 0 Å². The summed E-state index contributed by atoms with van der Waals surface area (Å²) in [6.45, 7) is 3.21. The normalized spacial score (nSPS) is 17.3. The number of rotatable bonds is 2. The third kappa shape index (κ3) is 2.08. The van der Waals surface area contributed by atoms with Crippen molar-refractivity contribution in [3.63, 3.8) is 0 Å².